The molecule has 0 unspecified atom stereocenters. The Kier molecular flexibility index (Phi) is 5.35. The number of hydrogen-bond donors (Lipinski definition) is 0. The molecule has 5 nitrogen and oxygen atoms in total. The Morgan fingerprint density at radius 1 is 1.14 bits per heavy atom. The van der Waals surface area contributed by atoms with E-state index >= 15 is 0 Å². The Morgan fingerprint density at radius 3 is 2.48 bits per heavy atom. The third-order valence-corrected chi connectivity index (χ3v) is 4.65. The first-order valence-electron chi connectivity index (χ1n) is 9.69. The molecule has 1 aromatic carbocycles. The molecular formula is C24H29NO4. The number of furan rings is 1. The highest BCUT2D eigenvalue weighted by Gasteiger charge is 2.33. The molecule has 0 saturated carbocycles. The number of aromatic nitrogens is 1. The van der Waals surface area contributed by atoms with Gasteiger partial charge in [-0.2, -0.15) is 0 Å². The van der Waals surface area contributed by atoms with Gasteiger partial charge in [-0.1, -0.05) is 6.58 Å². The minimum atomic E-state index is -0.686. The summed E-state index contributed by atoms with van der Waals surface area (Å²) in [6.45, 7) is 13.0. The van der Waals surface area contributed by atoms with E-state index in [1.165, 1.54) is 0 Å². The van der Waals surface area contributed by atoms with Crippen molar-refractivity contribution in [3.05, 3.63) is 54.7 Å². The smallest absolute Gasteiger partial charge is 0.333 e. The lowest BCUT2D eigenvalue weighted by Gasteiger charge is -2.35. The van der Waals surface area contributed by atoms with Crippen LogP contribution in [0.15, 0.2) is 59.2 Å². The van der Waals surface area contributed by atoms with E-state index < -0.39 is 17.2 Å². The number of carbonyl (C=O) groups is 1. The fourth-order valence-corrected chi connectivity index (χ4v) is 3.67. The molecule has 0 fully saturated rings. The van der Waals surface area contributed by atoms with Crippen molar-refractivity contribution in [3.63, 3.8) is 0 Å². The van der Waals surface area contributed by atoms with Crippen LogP contribution < -0.4 is 4.74 Å². The number of esters is 1. The highest BCUT2D eigenvalue weighted by molar-refractivity contribution is 5.87. The zero-order valence-corrected chi connectivity index (χ0v) is 18.0. The van der Waals surface area contributed by atoms with E-state index in [-0.39, 0.29) is 0 Å². The van der Waals surface area contributed by atoms with Gasteiger partial charge in [0.15, 0.2) is 5.76 Å². The molecular weight excluding hydrogens is 366 g/mol. The minimum absolute atomic E-state index is 0.383. The summed E-state index contributed by atoms with van der Waals surface area (Å²) in [7, 11) is 1.99. The van der Waals surface area contributed by atoms with Gasteiger partial charge in [0, 0.05) is 36.7 Å². The summed E-state index contributed by atoms with van der Waals surface area (Å²) >= 11 is 0. The first-order chi connectivity index (χ1) is 13.5. The molecule has 0 aliphatic carbocycles. The zero-order valence-electron chi connectivity index (χ0n) is 18.0. The van der Waals surface area contributed by atoms with Crippen LogP contribution in [0.1, 0.15) is 41.0 Å². The van der Waals surface area contributed by atoms with Gasteiger partial charge in [0.1, 0.15) is 22.5 Å². The fraction of sp³-hybridized carbons (Fsp3) is 0.375. The number of aryl methyl sites for hydroxylation is 1. The molecule has 5 heteroatoms. The van der Waals surface area contributed by atoms with Crippen LogP contribution in [0.4, 0.5) is 0 Å². The maximum Gasteiger partial charge on any atom is 0.333 e. The van der Waals surface area contributed by atoms with Crippen LogP contribution in [0.25, 0.3) is 22.4 Å². The van der Waals surface area contributed by atoms with Gasteiger partial charge in [0.05, 0.1) is 5.69 Å². The van der Waals surface area contributed by atoms with Crippen LogP contribution in [0.3, 0.4) is 0 Å². The van der Waals surface area contributed by atoms with Crippen molar-refractivity contribution >= 4 is 16.9 Å². The molecule has 0 aliphatic rings. The molecule has 29 heavy (non-hydrogen) atoms. The normalized spacial score (nSPS) is 12.2. The lowest BCUT2D eigenvalue weighted by molar-refractivity contribution is -0.155. The van der Waals surface area contributed by atoms with E-state index in [0.29, 0.717) is 17.7 Å². The second-order valence-corrected chi connectivity index (χ2v) is 8.78. The van der Waals surface area contributed by atoms with E-state index in [1.54, 1.807) is 6.92 Å². The molecule has 3 aromatic rings. The predicted molar refractivity (Wildman–Crippen MR) is 115 cm³/mol. The first kappa shape index (κ1) is 20.8. The van der Waals surface area contributed by atoms with Gasteiger partial charge in [-0.05, 0) is 65.0 Å². The van der Waals surface area contributed by atoms with Crippen LogP contribution in [-0.4, -0.2) is 21.7 Å². The average Bonchev–Trinajstić information content (AvgIpc) is 3.17. The van der Waals surface area contributed by atoms with Crippen molar-refractivity contribution in [1.82, 2.24) is 4.57 Å². The third kappa shape index (κ3) is 4.91. The number of nitrogens with zero attached hydrogens (tertiary/aromatic N) is 1. The van der Waals surface area contributed by atoms with E-state index in [0.717, 1.165) is 22.4 Å². The van der Waals surface area contributed by atoms with Crippen molar-refractivity contribution in [2.24, 2.45) is 7.05 Å². The molecule has 154 valence electrons. The minimum Gasteiger partial charge on any atom is -0.488 e. The second-order valence-electron chi connectivity index (χ2n) is 8.78. The second kappa shape index (κ2) is 7.47. The molecule has 0 saturated heterocycles. The molecule has 0 bridgehead atoms. The van der Waals surface area contributed by atoms with E-state index in [1.807, 2.05) is 81.9 Å². The number of ether oxygens (including phenoxy) is 2. The number of carbonyl (C=O) groups excluding carboxylic acids is 1. The predicted octanol–water partition coefficient (Wildman–Crippen LogP) is 5.88. The van der Waals surface area contributed by atoms with Crippen LogP contribution in [0.2, 0.25) is 0 Å². The van der Waals surface area contributed by atoms with E-state index in [4.69, 9.17) is 13.9 Å². The molecule has 0 N–H and O–H groups in total. The quantitative estimate of drug-likeness (QED) is 0.370. The van der Waals surface area contributed by atoms with Gasteiger partial charge >= 0.3 is 5.97 Å². The monoisotopic (exact) mass is 395 g/mol. The Balaban J connectivity index is 1.77. The average molecular weight is 395 g/mol. The SMILES string of the molecule is C=C(C)C(=O)OC(C)(C)CC(C)(C)Oc1ccc2cc(-c3cccn3C)oc2c1. The van der Waals surface area contributed by atoms with Crippen molar-refractivity contribution in [3.8, 4) is 17.2 Å². The van der Waals surface area contributed by atoms with Gasteiger partial charge in [-0.25, -0.2) is 4.79 Å². The number of benzene rings is 1. The van der Waals surface area contributed by atoms with Crippen molar-refractivity contribution in [2.45, 2.75) is 52.2 Å². The molecule has 3 rings (SSSR count). The molecule has 2 aromatic heterocycles. The Bertz CT molecular complexity index is 1050. The standard InChI is InChI=1S/C24H29NO4/c1-16(2)22(26)29-24(5,6)15-23(3,4)28-18-11-10-17-13-21(27-20(17)14-18)19-9-8-12-25(19)7/h8-14H,1,15H2,2-7H3. The number of fused-ring (bicyclic) bond motifs is 1. The molecule has 0 atom stereocenters. The van der Waals surface area contributed by atoms with Crippen LogP contribution in [0, 0.1) is 0 Å². The summed E-state index contributed by atoms with van der Waals surface area (Å²) in [5.41, 5.74) is 0.926. The van der Waals surface area contributed by atoms with Crippen molar-refractivity contribution in [2.75, 3.05) is 0 Å². The Morgan fingerprint density at radius 2 is 1.86 bits per heavy atom. The molecule has 2 heterocycles. The van der Waals surface area contributed by atoms with Gasteiger partial charge < -0.3 is 18.5 Å². The number of hydrogen-bond acceptors (Lipinski definition) is 4. The Hall–Kier alpha value is -2.95. The molecule has 0 radical (unpaired) electrons. The Labute approximate surface area is 171 Å². The molecule has 0 spiro atoms. The van der Waals surface area contributed by atoms with Crippen molar-refractivity contribution < 1.29 is 18.7 Å². The summed E-state index contributed by atoms with van der Waals surface area (Å²) < 4.78 is 19.9. The molecule has 0 aliphatic heterocycles. The summed E-state index contributed by atoms with van der Waals surface area (Å²) in [4.78, 5) is 11.9. The van der Waals surface area contributed by atoms with Gasteiger partial charge in [0.2, 0.25) is 0 Å². The fourth-order valence-electron chi connectivity index (χ4n) is 3.67. The summed E-state index contributed by atoms with van der Waals surface area (Å²) in [6.07, 6.45) is 2.51. The maximum atomic E-state index is 11.9. The molecule has 0 amide bonds. The highest BCUT2D eigenvalue weighted by Crippen LogP contribution is 2.33. The first-order valence-corrected chi connectivity index (χ1v) is 9.69. The van der Waals surface area contributed by atoms with E-state index in [2.05, 4.69) is 6.58 Å². The summed E-state index contributed by atoms with van der Waals surface area (Å²) in [5.74, 6) is 1.13. The zero-order chi connectivity index (χ0) is 21.4. The lowest BCUT2D eigenvalue weighted by atomic mass is 9.92. The largest absolute Gasteiger partial charge is 0.488 e. The van der Waals surface area contributed by atoms with Gasteiger partial charge in [0.25, 0.3) is 0 Å². The van der Waals surface area contributed by atoms with Crippen LogP contribution in [0.5, 0.6) is 5.75 Å². The lowest BCUT2D eigenvalue weighted by Crippen LogP contribution is -2.40. The topological polar surface area (TPSA) is 53.6 Å². The highest BCUT2D eigenvalue weighted by atomic mass is 16.6. The van der Waals surface area contributed by atoms with Crippen LogP contribution >= 0.6 is 0 Å². The summed E-state index contributed by atoms with van der Waals surface area (Å²) in [5, 5.41) is 1.02. The van der Waals surface area contributed by atoms with Crippen molar-refractivity contribution in [1.29, 1.82) is 0 Å². The van der Waals surface area contributed by atoms with Gasteiger partial charge in [-0.3, -0.25) is 0 Å². The summed E-state index contributed by atoms with van der Waals surface area (Å²) in [6, 6.07) is 11.9. The van der Waals surface area contributed by atoms with Crippen LogP contribution in [-0.2, 0) is 16.6 Å². The van der Waals surface area contributed by atoms with E-state index in [9.17, 15) is 4.79 Å². The number of rotatable bonds is 7. The third-order valence-electron chi connectivity index (χ3n) is 4.65. The maximum absolute atomic E-state index is 11.9. The van der Waals surface area contributed by atoms with Gasteiger partial charge in [-0.15, -0.1) is 0 Å².